The first-order valence-electron chi connectivity index (χ1n) is 10.0. The van der Waals surface area contributed by atoms with Crippen LogP contribution in [0.5, 0.6) is 0 Å². The quantitative estimate of drug-likeness (QED) is 0.480. The molecule has 0 heterocycles. The Kier molecular flexibility index (Phi) is 8.52. The molecule has 0 fully saturated rings. The van der Waals surface area contributed by atoms with Crippen molar-refractivity contribution in [3.05, 3.63) is 48.0 Å². The molecule has 7 nitrogen and oxygen atoms in total. The number of hydrogen-bond donors (Lipinski definition) is 3. The van der Waals surface area contributed by atoms with Crippen molar-refractivity contribution in [2.75, 3.05) is 16.3 Å². The summed E-state index contributed by atoms with van der Waals surface area (Å²) in [5, 5.41) is 5.62. The van der Waals surface area contributed by atoms with Gasteiger partial charge in [-0.25, -0.2) is 8.42 Å². The summed E-state index contributed by atoms with van der Waals surface area (Å²) in [7, 11) is -4.00. The molecule has 1 atom stereocenters. The third kappa shape index (κ3) is 6.48. The van der Waals surface area contributed by atoms with Crippen LogP contribution in [-0.4, -0.2) is 32.5 Å². The van der Waals surface area contributed by atoms with E-state index in [0.29, 0.717) is 5.69 Å². The number of para-hydroxylation sites is 1. The Bertz CT molecular complexity index is 1050. The lowest BCUT2D eigenvalue weighted by atomic mass is 10.1. The minimum Gasteiger partial charge on any atom is -0.350 e. The highest BCUT2D eigenvalue weighted by atomic mass is 32.2. The van der Waals surface area contributed by atoms with E-state index in [9.17, 15) is 18.0 Å². The predicted molar refractivity (Wildman–Crippen MR) is 126 cm³/mol. The molecule has 2 aromatic rings. The van der Waals surface area contributed by atoms with E-state index in [1.807, 2.05) is 20.1 Å². The Morgan fingerprint density at radius 3 is 2.32 bits per heavy atom. The van der Waals surface area contributed by atoms with Crippen LogP contribution in [-0.2, 0) is 14.8 Å². The molecule has 0 aliphatic heterocycles. The minimum absolute atomic E-state index is 0.0125. The molecule has 31 heavy (non-hydrogen) atoms. The number of anilines is 2. The summed E-state index contributed by atoms with van der Waals surface area (Å²) in [5.74, 6) is -0.802. The van der Waals surface area contributed by atoms with Crippen LogP contribution in [0.25, 0.3) is 0 Å². The second kappa shape index (κ2) is 10.7. The molecule has 2 aromatic carbocycles. The SMILES string of the molecule is CC[C@@H](C)NC(=O)c1ccccc1NS(=O)(=O)c1ccc(SC)c(NC(=O)C(C)C)c1. The Labute approximate surface area is 188 Å². The fourth-order valence-electron chi connectivity index (χ4n) is 2.61. The Hall–Kier alpha value is -2.52. The largest absolute Gasteiger partial charge is 0.350 e. The average Bonchev–Trinajstić information content (AvgIpc) is 2.73. The molecule has 2 rings (SSSR count). The van der Waals surface area contributed by atoms with E-state index in [-0.39, 0.29) is 39.9 Å². The van der Waals surface area contributed by atoms with Gasteiger partial charge in [0.1, 0.15) is 0 Å². The second-order valence-corrected chi connectivity index (χ2v) is 9.97. The molecule has 2 amide bonds. The standard InChI is InChI=1S/C22H29N3O4S2/c1-6-15(4)23-22(27)17-9-7-8-10-18(17)25-31(28,29)16-11-12-20(30-5)19(13-16)24-21(26)14(2)3/h7-15,25H,6H2,1-5H3,(H,23,27)(H,24,26)/t15-/m1/s1. The smallest absolute Gasteiger partial charge is 0.261 e. The van der Waals surface area contributed by atoms with Crippen molar-refractivity contribution in [2.45, 2.75) is 49.9 Å². The first-order valence-corrected chi connectivity index (χ1v) is 12.7. The van der Waals surface area contributed by atoms with Crippen LogP contribution in [0.3, 0.4) is 0 Å². The monoisotopic (exact) mass is 463 g/mol. The van der Waals surface area contributed by atoms with Gasteiger partial charge in [0.25, 0.3) is 15.9 Å². The van der Waals surface area contributed by atoms with Crippen LogP contribution in [0.2, 0.25) is 0 Å². The summed E-state index contributed by atoms with van der Waals surface area (Å²) in [6, 6.07) is 11.0. The van der Waals surface area contributed by atoms with Gasteiger partial charge >= 0.3 is 0 Å². The molecule has 0 unspecified atom stereocenters. The zero-order chi connectivity index (χ0) is 23.2. The first-order chi connectivity index (χ1) is 14.6. The Balaban J connectivity index is 2.37. The summed E-state index contributed by atoms with van der Waals surface area (Å²) in [6.45, 7) is 7.35. The lowest BCUT2D eigenvalue weighted by Gasteiger charge is -2.16. The molecular weight excluding hydrogens is 434 g/mol. The van der Waals surface area contributed by atoms with E-state index in [4.69, 9.17) is 0 Å². The van der Waals surface area contributed by atoms with Gasteiger partial charge < -0.3 is 10.6 Å². The second-order valence-electron chi connectivity index (χ2n) is 7.44. The van der Waals surface area contributed by atoms with Crippen molar-refractivity contribution in [1.82, 2.24) is 5.32 Å². The van der Waals surface area contributed by atoms with Crippen molar-refractivity contribution >= 4 is 45.0 Å². The molecule has 0 aromatic heterocycles. The summed E-state index contributed by atoms with van der Waals surface area (Å²) >= 11 is 1.40. The molecule has 0 aliphatic rings. The highest BCUT2D eigenvalue weighted by Crippen LogP contribution is 2.30. The van der Waals surface area contributed by atoms with Gasteiger partial charge in [-0.1, -0.05) is 32.9 Å². The molecule has 0 bridgehead atoms. The Morgan fingerprint density at radius 1 is 1.03 bits per heavy atom. The lowest BCUT2D eigenvalue weighted by Crippen LogP contribution is -2.32. The maximum atomic E-state index is 13.1. The molecule has 0 spiro atoms. The molecule has 3 N–H and O–H groups in total. The van der Waals surface area contributed by atoms with Crippen LogP contribution in [0.4, 0.5) is 11.4 Å². The van der Waals surface area contributed by atoms with Crippen LogP contribution >= 0.6 is 11.8 Å². The third-order valence-electron chi connectivity index (χ3n) is 4.67. The number of nitrogens with one attached hydrogen (secondary N) is 3. The molecule has 0 saturated carbocycles. The maximum Gasteiger partial charge on any atom is 0.261 e. The van der Waals surface area contributed by atoms with Crippen molar-refractivity contribution in [3.8, 4) is 0 Å². The number of thioether (sulfide) groups is 1. The highest BCUT2D eigenvalue weighted by Gasteiger charge is 2.21. The van der Waals surface area contributed by atoms with Crippen molar-refractivity contribution in [1.29, 1.82) is 0 Å². The van der Waals surface area contributed by atoms with E-state index >= 15 is 0 Å². The summed E-state index contributed by atoms with van der Waals surface area (Å²) in [6.07, 6.45) is 2.60. The average molecular weight is 464 g/mol. The van der Waals surface area contributed by atoms with Gasteiger partial charge in [0, 0.05) is 16.9 Å². The van der Waals surface area contributed by atoms with Crippen LogP contribution < -0.4 is 15.4 Å². The number of carbonyl (C=O) groups excluding carboxylic acids is 2. The third-order valence-corrected chi connectivity index (χ3v) is 6.83. The molecule has 0 radical (unpaired) electrons. The van der Waals surface area contributed by atoms with Gasteiger partial charge in [-0.05, 0) is 49.9 Å². The van der Waals surface area contributed by atoms with Crippen LogP contribution in [0, 0.1) is 5.92 Å². The van der Waals surface area contributed by atoms with Gasteiger partial charge in [-0.3, -0.25) is 14.3 Å². The number of benzene rings is 2. The van der Waals surface area contributed by atoms with Crippen molar-refractivity contribution in [2.24, 2.45) is 5.92 Å². The van der Waals surface area contributed by atoms with E-state index in [0.717, 1.165) is 11.3 Å². The van der Waals surface area contributed by atoms with Gasteiger partial charge in [-0.15, -0.1) is 11.8 Å². The zero-order valence-corrected chi connectivity index (χ0v) is 20.0. The molecular formula is C22H29N3O4S2. The van der Waals surface area contributed by atoms with Gasteiger partial charge in [0.15, 0.2) is 0 Å². The number of sulfonamides is 1. The van der Waals surface area contributed by atoms with Crippen molar-refractivity contribution < 1.29 is 18.0 Å². The number of carbonyl (C=O) groups is 2. The summed E-state index contributed by atoms with van der Waals surface area (Å²) in [4.78, 5) is 25.5. The highest BCUT2D eigenvalue weighted by molar-refractivity contribution is 7.98. The van der Waals surface area contributed by atoms with E-state index < -0.39 is 10.0 Å². The number of hydrogen-bond acceptors (Lipinski definition) is 5. The van der Waals surface area contributed by atoms with Gasteiger partial charge in [0.05, 0.1) is 21.8 Å². The topological polar surface area (TPSA) is 104 Å². The van der Waals surface area contributed by atoms with Crippen LogP contribution in [0.15, 0.2) is 52.3 Å². The number of rotatable bonds is 9. The van der Waals surface area contributed by atoms with E-state index in [2.05, 4.69) is 15.4 Å². The molecule has 0 saturated heterocycles. The molecule has 0 aliphatic carbocycles. The van der Waals surface area contributed by atoms with E-state index in [1.165, 1.54) is 23.9 Å². The molecule has 9 heteroatoms. The normalized spacial score (nSPS) is 12.3. The summed E-state index contributed by atoms with van der Waals surface area (Å²) in [5.41, 5.74) is 0.849. The van der Waals surface area contributed by atoms with Gasteiger partial charge in [-0.2, -0.15) is 0 Å². The fraction of sp³-hybridized carbons (Fsp3) is 0.364. The molecule has 168 valence electrons. The zero-order valence-electron chi connectivity index (χ0n) is 18.4. The predicted octanol–water partition coefficient (Wildman–Crippen LogP) is 4.33. The maximum absolute atomic E-state index is 13.1. The van der Waals surface area contributed by atoms with Gasteiger partial charge in [0.2, 0.25) is 5.91 Å². The Morgan fingerprint density at radius 2 is 1.71 bits per heavy atom. The van der Waals surface area contributed by atoms with Crippen molar-refractivity contribution in [3.63, 3.8) is 0 Å². The first kappa shape index (κ1) is 24.7. The number of amides is 2. The lowest BCUT2D eigenvalue weighted by molar-refractivity contribution is -0.118. The fourth-order valence-corrected chi connectivity index (χ4v) is 4.25. The summed E-state index contributed by atoms with van der Waals surface area (Å²) < 4.78 is 28.6. The van der Waals surface area contributed by atoms with Crippen LogP contribution in [0.1, 0.15) is 44.5 Å². The minimum atomic E-state index is -4.00. The van der Waals surface area contributed by atoms with E-state index in [1.54, 1.807) is 44.2 Å².